The fourth-order valence-corrected chi connectivity index (χ4v) is 3.38. The summed E-state index contributed by atoms with van der Waals surface area (Å²) in [5, 5.41) is 0. The SMILES string of the molecule is CCC(CC)n1cc(C)c2nc(-c3ccc(C(C)C)nc3OC)cnc21. The molecular weight excluding hydrogens is 324 g/mol. The molecule has 5 nitrogen and oxygen atoms in total. The molecule has 3 rings (SSSR count). The molecule has 0 bridgehead atoms. The van der Waals surface area contributed by atoms with Gasteiger partial charge < -0.3 is 9.30 Å². The first-order valence-electron chi connectivity index (χ1n) is 9.39. The number of aryl methyl sites for hydroxylation is 1. The smallest absolute Gasteiger partial charge is 0.222 e. The Hall–Kier alpha value is -2.43. The van der Waals surface area contributed by atoms with Crippen LogP contribution in [0.4, 0.5) is 0 Å². The van der Waals surface area contributed by atoms with Crippen LogP contribution < -0.4 is 4.74 Å². The van der Waals surface area contributed by atoms with Gasteiger partial charge in [0, 0.05) is 17.9 Å². The Balaban J connectivity index is 2.12. The number of nitrogens with zero attached hydrogens (tertiary/aromatic N) is 4. The predicted molar refractivity (Wildman–Crippen MR) is 106 cm³/mol. The number of fused-ring (bicyclic) bond motifs is 1. The van der Waals surface area contributed by atoms with Crippen molar-refractivity contribution in [1.82, 2.24) is 19.5 Å². The van der Waals surface area contributed by atoms with Gasteiger partial charge in [0.2, 0.25) is 5.88 Å². The third-order valence-corrected chi connectivity index (χ3v) is 4.98. The van der Waals surface area contributed by atoms with Crippen LogP contribution in [0.1, 0.15) is 63.8 Å². The van der Waals surface area contributed by atoms with Crippen LogP contribution in [0.25, 0.3) is 22.4 Å². The molecule has 0 aliphatic carbocycles. The molecule has 0 saturated carbocycles. The molecule has 0 aliphatic heterocycles. The number of hydrogen-bond acceptors (Lipinski definition) is 4. The van der Waals surface area contributed by atoms with Gasteiger partial charge in [0.15, 0.2) is 5.65 Å². The van der Waals surface area contributed by atoms with E-state index >= 15 is 0 Å². The second-order valence-electron chi connectivity index (χ2n) is 7.06. The van der Waals surface area contributed by atoms with Gasteiger partial charge in [0.1, 0.15) is 5.52 Å². The van der Waals surface area contributed by atoms with Crippen molar-refractivity contribution in [2.75, 3.05) is 7.11 Å². The predicted octanol–water partition coefficient (Wildman–Crippen LogP) is 5.29. The lowest BCUT2D eigenvalue weighted by molar-refractivity contribution is 0.397. The molecular formula is C21H28N4O. The number of aromatic nitrogens is 4. The number of hydrogen-bond donors (Lipinski definition) is 0. The summed E-state index contributed by atoms with van der Waals surface area (Å²) in [4.78, 5) is 14.3. The molecule has 0 aliphatic rings. The molecule has 5 heteroatoms. The number of rotatable bonds is 6. The second-order valence-corrected chi connectivity index (χ2v) is 7.06. The van der Waals surface area contributed by atoms with Crippen LogP contribution in [-0.4, -0.2) is 26.6 Å². The highest BCUT2D eigenvalue weighted by Gasteiger charge is 2.17. The summed E-state index contributed by atoms with van der Waals surface area (Å²) < 4.78 is 7.79. The molecule has 0 atom stereocenters. The zero-order valence-corrected chi connectivity index (χ0v) is 16.6. The van der Waals surface area contributed by atoms with Crippen LogP contribution in [0, 0.1) is 6.92 Å². The van der Waals surface area contributed by atoms with Crippen LogP contribution in [0.5, 0.6) is 5.88 Å². The third kappa shape index (κ3) is 3.18. The van der Waals surface area contributed by atoms with Crippen LogP contribution in [0.3, 0.4) is 0 Å². The van der Waals surface area contributed by atoms with Crippen LogP contribution in [0.15, 0.2) is 24.5 Å². The van der Waals surface area contributed by atoms with Crippen LogP contribution in [0.2, 0.25) is 0 Å². The molecule has 0 amide bonds. The van der Waals surface area contributed by atoms with Crippen molar-refractivity contribution in [3.05, 3.63) is 35.8 Å². The van der Waals surface area contributed by atoms with Gasteiger partial charge >= 0.3 is 0 Å². The van der Waals surface area contributed by atoms with Crippen molar-refractivity contribution >= 4 is 11.2 Å². The Bertz CT molecular complexity index is 910. The molecule has 26 heavy (non-hydrogen) atoms. The van der Waals surface area contributed by atoms with Crippen molar-refractivity contribution in [2.24, 2.45) is 0 Å². The minimum Gasteiger partial charge on any atom is -0.480 e. The molecule has 0 radical (unpaired) electrons. The van der Waals surface area contributed by atoms with Crippen LogP contribution in [-0.2, 0) is 0 Å². The van der Waals surface area contributed by atoms with Gasteiger partial charge in [-0.3, -0.25) is 0 Å². The Morgan fingerprint density at radius 3 is 2.46 bits per heavy atom. The molecule has 0 fully saturated rings. The molecule has 3 heterocycles. The maximum atomic E-state index is 5.53. The zero-order valence-electron chi connectivity index (χ0n) is 16.6. The normalized spacial score (nSPS) is 11.7. The van der Waals surface area contributed by atoms with E-state index < -0.39 is 0 Å². The van der Waals surface area contributed by atoms with E-state index in [1.54, 1.807) is 7.11 Å². The largest absolute Gasteiger partial charge is 0.480 e. The van der Waals surface area contributed by atoms with Gasteiger partial charge in [-0.05, 0) is 43.4 Å². The summed E-state index contributed by atoms with van der Waals surface area (Å²) in [5.74, 6) is 0.949. The summed E-state index contributed by atoms with van der Waals surface area (Å²) in [6.07, 6.45) is 6.16. The Morgan fingerprint density at radius 2 is 1.85 bits per heavy atom. The standard InChI is InChI=1S/C21H28N4O/c1-7-15(8-2)25-12-14(5)19-20(25)22-11-18(23-19)16-9-10-17(13(3)4)24-21(16)26-6/h9-13,15H,7-8H2,1-6H3. The van der Waals surface area contributed by atoms with Crippen molar-refractivity contribution in [2.45, 2.75) is 59.4 Å². The average molecular weight is 352 g/mol. The van der Waals surface area contributed by atoms with Crippen molar-refractivity contribution in [3.8, 4) is 17.1 Å². The fourth-order valence-electron chi connectivity index (χ4n) is 3.38. The highest BCUT2D eigenvalue weighted by molar-refractivity contribution is 5.79. The van der Waals surface area contributed by atoms with E-state index in [-0.39, 0.29) is 0 Å². The minimum atomic E-state index is 0.350. The topological polar surface area (TPSA) is 52.8 Å². The Kier molecular flexibility index (Phi) is 5.25. The van der Waals surface area contributed by atoms with Crippen molar-refractivity contribution in [1.29, 1.82) is 0 Å². The lowest BCUT2D eigenvalue weighted by Crippen LogP contribution is -2.06. The quantitative estimate of drug-likeness (QED) is 0.604. The molecule has 0 unspecified atom stereocenters. The molecule has 0 spiro atoms. The van der Waals surface area contributed by atoms with Gasteiger partial charge in [0.25, 0.3) is 0 Å². The lowest BCUT2D eigenvalue weighted by atomic mass is 10.1. The van der Waals surface area contributed by atoms with E-state index in [0.717, 1.165) is 46.5 Å². The molecule has 0 aromatic carbocycles. The van der Waals surface area contributed by atoms with E-state index in [4.69, 9.17) is 14.7 Å². The Morgan fingerprint density at radius 1 is 1.12 bits per heavy atom. The molecule has 3 aromatic rings. The molecule has 0 saturated heterocycles. The summed E-state index contributed by atoms with van der Waals surface area (Å²) in [7, 11) is 1.65. The summed E-state index contributed by atoms with van der Waals surface area (Å²) in [5.41, 5.74) is 5.72. The van der Waals surface area contributed by atoms with E-state index in [1.807, 2.05) is 18.3 Å². The van der Waals surface area contributed by atoms with Gasteiger partial charge in [-0.15, -0.1) is 0 Å². The van der Waals surface area contributed by atoms with Gasteiger partial charge in [-0.1, -0.05) is 27.7 Å². The number of ether oxygens (including phenoxy) is 1. The third-order valence-electron chi connectivity index (χ3n) is 4.98. The minimum absolute atomic E-state index is 0.350. The molecule has 138 valence electrons. The van der Waals surface area contributed by atoms with Gasteiger partial charge in [-0.25, -0.2) is 15.0 Å². The first-order chi connectivity index (χ1) is 12.5. The zero-order chi connectivity index (χ0) is 18.8. The molecule has 3 aromatic heterocycles. The first kappa shape index (κ1) is 18.4. The van der Waals surface area contributed by atoms with E-state index in [2.05, 4.69) is 50.4 Å². The van der Waals surface area contributed by atoms with E-state index in [1.165, 1.54) is 0 Å². The molecule has 0 N–H and O–H groups in total. The summed E-state index contributed by atoms with van der Waals surface area (Å²) >= 11 is 0. The number of pyridine rings is 1. The maximum Gasteiger partial charge on any atom is 0.222 e. The van der Waals surface area contributed by atoms with Gasteiger partial charge in [-0.2, -0.15) is 0 Å². The second kappa shape index (κ2) is 7.44. The monoisotopic (exact) mass is 352 g/mol. The van der Waals surface area contributed by atoms with Gasteiger partial charge in [0.05, 0.1) is 24.6 Å². The Labute approximate surface area is 155 Å². The first-order valence-corrected chi connectivity index (χ1v) is 9.39. The van der Waals surface area contributed by atoms with Crippen molar-refractivity contribution < 1.29 is 4.74 Å². The van der Waals surface area contributed by atoms with Crippen LogP contribution >= 0.6 is 0 Å². The number of methoxy groups -OCH3 is 1. The average Bonchev–Trinajstić information content (AvgIpc) is 2.98. The van der Waals surface area contributed by atoms with Crippen molar-refractivity contribution in [3.63, 3.8) is 0 Å². The highest BCUT2D eigenvalue weighted by Crippen LogP contribution is 2.31. The van der Waals surface area contributed by atoms with E-state index in [9.17, 15) is 0 Å². The summed E-state index contributed by atoms with van der Waals surface area (Å²) in [6.45, 7) is 10.8. The fraction of sp³-hybridized carbons (Fsp3) is 0.476. The lowest BCUT2D eigenvalue weighted by Gasteiger charge is -2.15. The highest BCUT2D eigenvalue weighted by atomic mass is 16.5. The summed E-state index contributed by atoms with van der Waals surface area (Å²) in [6, 6.07) is 4.52. The maximum absolute atomic E-state index is 5.53. The van der Waals surface area contributed by atoms with E-state index in [0.29, 0.717) is 17.8 Å².